The van der Waals surface area contributed by atoms with E-state index in [-0.39, 0.29) is 5.97 Å². The molecule has 1 fully saturated rings. The number of nitrogens with one attached hydrogen (secondary N) is 1. The molecule has 2 aliphatic rings. The van der Waals surface area contributed by atoms with Gasteiger partial charge in [-0.25, -0.2) is 4.98 Å². The molecule has 1 N–H and O–H groups in total. The van der Waals surface area contributed by atoms with E-state index < -0.39 is 0 Å². The summed E-state index contributed by atoms with van der Waals surface area (Å²) in [4.78, 5) is 21.9. The summed E-state index contributed by atoms with van der Waals surface area (Å²) in [6.45, 7) is 3.87. The molecule has 0 radical (unpaired) electrons. The van der Waals surface area contributed by atoms with Crippen molar-refractivity contribution in [3.05, 3.63) is 23.4 Å². The standard InChI is InChI=1S/C19H29N3O2/c1-2-6-18(23)24-22(17-11-12-17)14-4-3-8-16-10-9-15-7-5-13-20-19(15)21-16/h9-10,17H,2-8,11-14H2,1H3,(H,20,21). The Morgan fingerprint density at radius 3 is 3.04 bits per heavy atom. The molecule has 0 bridgehead atoms. The van der Waals surface area contributed by atoms with Gasteiger partial charge in [-0.3, -0.25) is 4.79 Å². The topological polar surface area (TPSA) is 54.5 Å². The van der Waals surface area contributed by atoms with Gasteiger partial charge in [0.1, 0.15) is 5.82 Å². The van der Waals surface area contributed by atoms with E-state index >= 15 is 0 Å². The lowest BCUT2D eigenvalue weighted by atomic mass is 10.1. The highest BCUT2D eigenvalue weighted by Crippen LogP contribution is 2.28. The number of unbranched alkanes of at least 4 members (excludes halogenated alkanes) is 1. The molecule has 1 aliphatic heterocycles. The summed E-state index contributed by atoms with van der Waals surface area (Å²) < 4.78 is 0. The smallest absolute Gasteiger partial charge is 0.325 e. The van der Waals surface area contributed by atoms with Crippen LogP contribution in [0, 0.1) is 0 Å². The number of hydroxylamine groups is 2. The van der Waals surface area contributed by atoms with Gasteiger partial charge in [-0.2, -0.15) is 0 Å². The molecular weight excluding hydrogens is 302 g/mol. The zero-order chi connectivity index (χ0) is 16.8. The van der Waals surface area contributed by atoms with Crippen molar-refractivity contribution < 1.29 is 9.63 Å². The Kier molecular flexibility index (Phi) is 6.07. The number of aryl methyl sites for hydroxylation is 2. The first kappa shape index (κ1) is 17.2. The normalized spacial score (nSPS) is 16.6. The summed E-state index contributed by atoms with van der Waals surface area (Å²) in [5, 5.41) is 5.31. The van der Waals surface area contributed by atoms with E-state index in [0.717, 1.165) is 69.5 Å². The van der Waals surface area contributed by atoms with Gasteiger partial charge in [0, 0.05) is 31.2 Å². The molecule has 1 saturated carbocycles. The van der Waals surface area contributed by atoms with Crippen molar-refractivity contribution in [2.75, 3.05) is 18.4 Å². The summed E-state index contributed by atoms with van der Waals surface area (Å²) in [6.07, 6.45) is 9.06. The van der Waals surface area contributed by atoms with Crippen LogP contribution in [0.1, 0.15) is 63.1 Å². The van der Waals surface area contributed by atoms with Crippen LogP contribution in [0.15, 0.2) is 12.1 Å². The number of rotatable bonds is 9. The Balaban J connectivity index is 1.41. The Bertz CT molecular complexity index is 558. The van der Waals surface area contributed by atoms with E-state index in [2.05, 4.69) is 17.4 Å². The van der Waals surface area contributed by atoms with Crippen LogP contribution in [-0.4, -0.2) is 35.1 Å². The van der Waals surface area contributed by atoms with E-state index in [9.17, 15) is 4.79 Å². The maximum absolute atomic E-state index is 11.7. The number of anilines is 1. The average Bonchev–Trinajstić information content (AvgIpc) is 3.42. The summed E-state index contributed by atoms with van der Waals surface area (Å²) in [6, 6.07) is 4.83. The van der Waals surface area contributed by atoms with Crippen LogP contribution in [0.3, 0.4) is 0 Å². The zero-order valence-electron chi connectivity index (χ0n) is 14.7. The van der Waals surface area contributed by atoms with Crippen molar-refractivity contribution in [3.63, 3.8) is 0 Å². The summed E-state index contributed by atoms with van der Waals surface area (Å²) >= 11 is 0. The molecule has 24 heavy (non-hydrogen) atoms. The van der Waals surface area contributed by atoms with Crippen molar-refractivity contribution in [2.45, 2.75) is 70.8 Å². The first-order valence-electron chi connectivity index (χ1n) is 9.46. The third-order valence-corrected chi connectivity index (χ3v) is 4.64. The van der Waals surface area contributed by atoms with Gasteiger partial charge >= 0.3 is 5.97 Å². The zero-order valence-corrected chi connectivity index (χ0v) is 14.7. The van der Waals surface area contributed by atoms with Gasteiger partial charge in [-0.15, -0.1) is 5.06 Å². The first-order valence-corrected chi connectivity index (χ1v) is 9.46. The van der Waals surface area contributed by atoms with Crippen LogP contribution in [-0.2, 0) is 22.5 Å². The van der Waals surface area contributed by atoms with Gasteiger partial charge in [0.25, 0.3) is 0 Å². The Morgan fingerprint density at radius 2 is 2.25 bits per heavy atom. The SMILES string of the molecule is CCCC(=O)ON(CCCCc1ccc2c(n1)NCCC2)C1CC1. The fraction of sp³-hybridized carbons (Fsp3) is 0.684. The minimum Gasteiger partial charge on any atom is -0.370 e. The van der Waals surface area contributed by atoms with Gasteiger partial charge in [-0.05, 0) is 63.0 Å². The van der Waals surface area contributed by atoms with Crippen molar-refractivity contribution in [2.24, 2.45) is 0 Å². The molecule has 3 rings (SSSR count). The number of carbonyl (C=O) groups excluding carboxylic acids is 1. The maximum Gasteiger partial charge on any atom is 0.325 e. The number of pyridine rings is 1. The minimum absolute atomic E-state index is 0.0909. The summed E-state index contributed by atoms with van der Waals surface area (Å²) in [5.74, 6) is 0.985. The molecule has 1 aliphatic carbocycles. The number of nitrogens with zero attached hydrogens (tertiary/aromatic N) is 2. The van der Waals surface area contributed by atoms with Gasteiger partial charge in [0.15, 0.2) is 0 Å². The van der Waals surface area contributed by atoms with Gasteiger partial charge in [-0.1, -0.05) is 13.0 Å². The van der Waals surface area contributed by atoms with Gasteiger partial charge < -0.3 is 10.2 Å². The monoisotopic (exact) mass is 331 g/mol. The highest BCUT2D eigenvalue weighted by atomic mass is 16.7. The molecule has 1 aromatic heterocycles. The molecule has 0 spiro atoms. The largest absolute Gasteiger partial charge is 0.370 e. The fourth-order valence-electron chi connectivity index (χ4n) is 3.13. The van der Waals surface area contributed by atoms with Gasteiger partial charge in [0.2, 0.25) is 0 Å². The maximum atomic E-state index is 11.7. The number of carbonyl (C=O) groups is 1. The molecule has 0 amide bonds. The molecule has 0 saturated heterocycles. The number of hydrogen-bond acceptors (Lipinski definition) is 5. The summed E-state index contributed by atoms with van der Waals surface area (Å²) in [7, 11) is 0. The molecule has 0 atom stereocenters. The van der Waals surface area contributed by atoms with Crippen molar-refractivity contribution in [1.82, 2.24) is 10.0 Å². The van der Waals surface area contributed by atoms with E-state index in [1.807, 2.05) is 12.0 Å². The second-order valence-corrected chi connectivity index (χ2v) is 6.88. The van der Waals surface area contributed by atoms with Crippen LogP contribution in [0.2, 0.25) is 0 Å². The predicted molar refractivity (Wildman–Crippen MR) is 94.7 cm³/mol. The van der Waals surface area contributed by atoms with Crippen LogP contribution < -0.4 is 5.32 Å². The fourth-order valence-corrected chi connectivity index (χ4v) is 3.13. The lowest BCUT2D eigenvalue weighted by Gasteiger charge is -2.21. The molecule has 5 heteroatoms. The lowest BCUT2D eigenvalue weighted by molar-refractivity contribution is -0.194. The van der Waals surface area contributed by atoms with Crippen molar-refractivity contribution >= 4 is 11.8 Å². The van der Waals surface area contributed by atoms with Crippen molar-refractivity contribution in [3.8, 4) is 0 Å². The van der Waals surface area contributed by atoms with E-state index in [1.54, 1.807) is 0 Å². The third-order valence-electron chi connectivity index (χ3n) is 4.64. The van der Waals surface area contributed by atoms with E-state index in [1.165, 1.54) is 12.0 Å². The molecule has 2 heterocycles. The average molecular weight is 331 g/mol. The van der Waals surface area contributed by atoms with E-state index in [0.29, 0.717) is 12.5 Å². The summed E-state index contributed by atoms with van der Waals surface area (Å²) in [5.41, 5.74) is 2.50. The van der Waals surface area contributed by atoms with Crippen LogP contribution in [0.25, 0.3) is 0 Å². The van der Waals surface area contributed by atoms with Crippen molar-refractivity contribution in [1.29, 1.82) is 0 Å². The highest BCUT2D eigenvalue weighted by Gasteiger charge is 2.31. The number of aromatic nitrogens is 1. The first-order chi connectivity index (χ1) is 11.8. The number of fused-ring (bicyclic) bond motifs is 1. The van der Waals surface area contributed by atoms with Crippen LogP contribution >= 0.6 is 0 Å². The molecule has 0 unspecified atom stereocenters. The quantitative estimate of drug-likeness (QED) is 0.554. The predicted octanol–water partition coefficient (Wildman–Crippen LogP) is 3.49. The van der Waals surface area contributed by atoms with Crippen LogP contribution in [0.4, 0.5) is 5.82 Å². The van der Waals surface area contributed by atoms with Crippen LogP contribution in [0.5, 0.6) is 0 Å². The Morgan fingerprint density at radius 1 is 1.38 bits per heavy atom. The second-order valence-electron chi connectivity index (χ2n) is 6.88. The lowest BCUT2D eigenvalue weighted by Crippen LogP contribution is -2.30. The minimum atomic E-state index is -0.0909. The molecule has 0 aromatic carbocycles. The molecule has 5 nitrogen and oxygen atoms in total. The molecular formula is C19H29N3O2. The Hall–Kier alpha value is -1.62. The Labute approximate surface area is 144 Å². The van der Waals surface area contributed by atoms with Gasteiger partial charge in [0.05, 0.1) is 0 Å². The molecule has 1 aromatic rings. The number of hydrogen-bond donors (Lipinski definition) is 1. The third kappa shape index (κ3) is 4.94. The van der Waals surface area contributed by atoms with E-state index in [4.69, 9.17) is 9.82 Å². The molecule has 132 valence electrons. The highest BCUT2D eigenvalue weighted by molar-refractivity contribution is 5.68. The second kappa shape index (κ2) is 8.47.